The van der Waals surface area contributed by atoms with Crippen LogP contribution in [0.2, 0.25) is 0 Å². The maximum absolute atomic E-state index is 12.9. The zero-order valence-electron chi connectivity index (χ0n) is 16.1. The van der Waals surface area contributed by atoms with Gasteiger partial charge in [-0.15, -0.1) is 0 Å². The SMILES string of the molecule is O=C(NCCN1CCC(CCOc2ccc(F)cc2)CC1)Nc1ccccc1. The van der Waals surface area contributed by atoms with Crippen molar-refractivity contribution in [3.8, 4) is 5.75 Å². The summed E-state index contributed by atoms with van der Waals surface area (Å²) in [6.07, 6.45) is 3.30. The predicted molar refractivity (Wildman–Crippen MR) is 109 cm³/mol. The van der Waals surface area contributed by atoms with E-state index in [-0.39, 0.29) is 11.8 Å². The van der Waals surface area contributed by atoms with Gasteiger partial charge in [0.25, 0.3) is 0 Å². The minimum absolute atomic E-state index is 0.168. The minimum Gasteiger partial charge on any atom is -0.494 e. The Bertz CT molecular complexity index is 716. The number of hydrogen-bond acceptors (Lipinski definition) is 3. The van der Waals surface area contributed by atoms with E-state index in [1.54, 1.807) is 12.1 Å². The number of carbonyl (C=O) groups excluding carboxylic acids is 1. The van der Waals surface area contributed by atoms with Gasteiger partial charge in [-0.05, 0) is 74.7 Å². The fraction of sp³-hybridized carbons (Fsp3) is 0.409. The zero-order valence-corrected chi connectivity index (χ0v) is 16.1. The molecule has 0 aliphatic carbocycles. The first-order valence-corrected chi connectivity index (χ1v) is 9.89. The molecule has 1 saturated heterocycles. The van der Waals surface area contributed by atoms with E-state index >= 15 is 0 Å². The van der Waals surface area contributed by atoms with Crippen LogP contribution in [-0.2, 0) is 0 Å². The number of para-hydroxylation sites is 1. The molecule has 2 N–H and O–H groups in total. The molecule has 6 heteroatoms. The van der Waals surface area contributed by atoms with Gasteiger partial charge in [0, 0.05) is 18.8 Å². The molecule has 2 amide bonds. The molecule has 28 heavy (non-hydrogen) atoms. The average molecular weight is 385 g/mol. The molecule has 0 saturated carbocycles. The van der Waals surface area contributed by atoms with Crippen molar-refractivity contribution in [2.45, 2.75) is 19.3 Å². The highest BCUT2D eigenvalue weighted by atomic mass is 19.1. The Hall–Kier alpha value is -2.60. The van der Waals surface area contributed by atoms with Crippen LogP contribution in [0.1, 0.15) is 19.3 Å². The number of ether oxygens (including phenoxy) is 1. The molecule has 1 heterocycles. The second-order valence-electron chi connectivity index (χ2n) is 7.12. The van der Waals surface area contributed by atoms with E-state index in [9.17, 15) is 9.18 Å². The smallest absolute Gasteiger partial charge is 0.319 e. The zero-order chi connectivity index (χ0) is 19.6. The summed E-state index contributed by atoms with van der Waals surface area (Å²) in [7, 11) is 0. The number of piperidine rings is 1. The monoisotopic (exact) mass is 385 g/mol. The second kappa shape index (κ2) is 10.7. The fourth-order valence-electron chi connectivity index (χ4n) is 3.40. The molecular weight excluding hydrogens is 357 g/mol. The van der Waals surface area contributed by atoms with Crippen LogP contribution in [0.15, 0.2) is 54.6 Å². The van der Waals surface area contributed by atoms with Crippen LogP contribution in [0, 0.1) is 11.7 Å². The van der Waals surface area contributed by atoms with E-state index in [4.69, 9.17) is 4.74 Å². The number of amides is 2. The summed E-state index contributed by atoms with van der Waals surface area (Å²) in [5.74, 6) is 1.14. The lowest BCUT2D eigenvalue weighted by molar-refractivity contribution is 0.164. The molecule has 0 spiro atoms. The molecule has 150 valence electrons. The lowest BCUT2D eigenvalue weighted by atomic mass is 9.94. The first-order chi connectivity index (χ1) is 13.7. The molecule has 2 aromatic rings. The van der Waals surface area contributed by atoms with Crippen LogP contribution in [0.25, 0.3) is 0 Å². The summed E-state index contributed by atoms with van der Waals surface area (Å²) in [5.41, 5.74) is 0.795. The van der Waals surface area contributed by atoms with Crippen LogP contribution < -0.4 is 15.4 Å². The lowest BCUT2D eigenvalue weighted by Crippen LogP contribution is -2.40. The number of benzene rings is 2. The highest BCUT2D eigenvalue weighted by Crippen LogP contribution is 2.21. The van der Waals surface area contributed by atoms with Crippen LogP contribution in [0.5, 0.6) is 5.75 Å². The lowest BCUT2D eigenvalue weighted by Gasteiger charge is -2.31. The molecule has 5 nitrogen and oxygen atoms in total. The second-order valence-corrected chi connectivity index (χ2v) is 7.12. The van der Waals surface area contributed by atoms with Gasteiger partial charge in [-0.25, -0.2) is 9.18 Å². The number of likely N-dealkylation sites (tertiary alicyclic amines) is 1. The van der Waals surface area contributed by atoms with Gasteiger partial charge in [-0.2, -0.15) is 0 Å². The van der Waals surface area contributed by atoms with Crippen molar-refractivity contribution in [1.82, 2.24) is 10.2 Å². The van der Waals surface area contributed by atoms with Crippen molar-refractivity contribution in [2.24, 2.45) is 5.92 Å². The van der Waals surface area contributed by atoms with Crippen molar-refractivity contribution in [1.29, 1.82) is 0 Å². The maximum atomic E-state index is 12.9. The van der Waals surface area contributed by atoms with E-state index in [1.165, 1.54) is 12.1 Å². The van der Waals surface area contributed by atoms with Crippen molar-refractivity contribution in [3.05, 3.63) is 60.4 Å². The van der Waals surface area contributed by atoms with Gasteiger partial charge in [-0.3, -0.25) is 0 Å². The molecule has 1 aliphatic rings. The standard InChI is InChI=1S/C22H28FN3O2/c23-19-6-8-21(9-7-19)28-17-12-18-10-14-26(15-11-18)16-13-24-22(27)25-20-4-2-1-3-5-20/h1-9,18H,10-17H2,(H2,24,25,27). The van der Waals surface area contributed by atoms with Crippen LogP contribution in [0.4, 0.5) is 14.9 Å². The Morgan fingerprint density at radius 2 is 1.79 bits per heavy atom. The van der Waals surface area contributed by atoms with Crippen LogP contribution in [0.3, 0.4) is 0 Å². The Labute approximate surface area is 165 Å². The molecule has 1 aliphatic heterocycles. The van der Waals surface area contributed by atoms with E-state index in [0.717, 1.165) is 50.3 Å². The number of hydrogen-bond donors (Lipinski definition) is 2. The highest BCUT2D eigenvalue weighted by molar-refractivity contribution is 5.89. The molecule has 0 aromatic heterocycles. The number of anilines is 1. The summed E-state index contributed by atoms with van der Waals surface area (Å²) in [4.78, 5) is 14.3. The minimum atomic E-state index is -0.244. The quantitative estimate of drug-likeness (QED) is 0.718. The fourth-order valence-corrected chi connectivity index (χ4v) is 3.40. The van der Waals surface area contributed by atoms with Crippen LogP contribution in [-0.4, -0.2) is 43.7 Å². The van der Waals surface area contributed by atoms with Gasteiger partial charge in [-0.1, -0.05) is 18.2 Å². The Kier molecular flexibility index (Phi) is 7.67. The Morgan fingerprint density at radius 1 is 1.07 bits per heavy atom. The molecule has 1 fully saturated rings. The highest BCUT2D eigenvalue weighted by Gasteiger charge is 2.19. The first-order valence-electron chi connectivity index (χ1n) is 9.89. The van der Waals surface area contributed by atoms with E-state index in [0.29, 0.717) is 19.1 Å². The molecule has 0 atom stereocenters. The van der Waals surface area contributed by atoms with E-state index in [1.807, 2.05) is 30.3 Å². The van der Waals surface area contributed by atoms with Crippen LogP contribution >= 0.6 is 0 Å². The van der Waals surface area contributed by atoms with E-state index < -0.39 is 0 Å². The summed E-state index contributed by atoms with van der Waals surface area (Å²) in [5, 5.41) is 5.73. The van der Waals surface area contributed by atoms with Gasteiger partial charge >= 0.3 is 6.03 Å². The summed E-state index contributed by atoms with van der Waals surface area (Å²) < 4.78 is 18.6. The molecule has 0 bridgehead atoms. The number of nitrogens with one attached hydrogen (secondary N) is 2. The third-order valence-corrected chi connectivity index (χ3v) is 5.06. The van der Waals surface area contributed by atoms with Gasteiger partial charge in [0.15, 0.2) is 0 Å². The first kappa shape index (κ1) is 20.1. The Balaban J connectivity index is 1.25. The Morgan fingerprint density at radius 3 is 2.50 bits per heavy atom. The molecular formula is C22H28FN3O2. The maximum Gasteiger partial charge on any atom is 0.319 e. The average Bonchev–Trinajstić information content (AvgIpc) is 2.71. The van der Waals surface area contributed by atoms with Crippen molar-refractivity contribution < 1.29 is 13.9 Å². The number of rotatable bonds is 8. The predicted octanol–water partition coefficient (Wildman–Crippen LogP) is 4.13. The van der Waals surface area contributed by atoms with Gasteiger partial charge < -0.3 is 20.3 Å². The number of nitrogens with zero attached hydrogens (tertiary/aromatic N) is 1. The van der Waals surface area contributed by atoms with Gasteiger partial charge in [0.2, 0.25) is 0 Å². The normalized spacial score (nSPS) is 15.2. The summed E-state index contributed by atoms with van der Waals surface area (Å²) in [6, 6.07) is 15.4. The molecule has 0 radical (unpaired) electrons. The third kappa shape index (κ3) is 6.85. The summed E-state index contributed by atoms with van der Waals surface area (Å²) >= 11 is 0. The van der Waals surface area contributed by atoms with Crippen molar-refractivity contribution in [3.63, 3.8) is 0 Å². The number of carbonyl (C=O) groups is 1. The third-order valence-electron chi connectivity index (χ3n) is 5.06. The van der Waals surface area contributed by atoms with Crippen molar-refractivity contribution in [2.75, 3.05) is 38.1 Å². The molecule has 3 rings (SSSR count). The van der Waals surface area contributed by atoms with Gasteiger partial charge in [0.1, 0.15) is 11.6 Å². The molecule has 2 aromatic carbocycles. The largest absolute Gasteiger partial charge is 0.494 e. The molecule has 0 unspecified atom stereocenters. The van der Waals surface area contributed by atoms with E-state index in [2.05, 4.69) is 15.5 Å². The summed E-state index contributed by atoms with van der Waals surface area (Å²) in [6.45, 7) is 4.25. The topological polar surface area (TPSA) is 53.6 Å². The number of halogens is 1. The van der Waals surface area contributed by atoms with Crippen molar-refractivity contribution >= 4 is 11.7 Å². The number of urea groups is 1. The van der Waals surface area contributed by atoms with Gasteiger partial charge in [0.05, 0.1) is 6.61 Å².